The number of hydrogen-bond acceptors (Lipinski definition) is 4. The van der Waals surface area contributed by atoms with Gasteiger partial charge in [-0.25, -0.2) is 4.98 Å². The van der Waals surface area contributed by atoms with E-state index in [0.717, 1.165) is 5.47 Å². The first kappa shape index (κ1) is 15.5. The first-order valence-electron chi connectivity index (χ1n) is 6.55. The van der Waals surface area contributed by atoms with Crippen molar-refractivity contribution in [2.24, 2.45) is 0 Å². The van der Waals surface area contributed by atoms with Crippen molar-refractivity contribution in [3.8, 4) is 0 Å². The quantitative estimate of drug-likeness (QED) is 0.528. The zero-order chi connectivity index (χ0) is 15.0. The van der Waals surface area contributed by atoms with Crippen molar-refractivity contribution >= 4 is 25.8 Å². The maximum Gasteiger partial charge on any atom is 0.491 e. The van der Waals surface area contributed by atoms with Crippen LogP contribution < -0.4 is 0 Å². The number of rotatable bonds is 3. The molecule has 2 heterocycles. The van der Waals surface area contributed by atoms with E-state index in [1.807, 2.05) is 27.7 Å². The lowest BCUT2D eigenvalue weighted by Crippen LogP contribution is -2.41. The van der Waals surface area contributed by atoms with Gasteiger partial charge < -0.3 is 9.31 Å². The molecule has 0 N–H and O–H groups in total. The molecule has 6 heteroatoms. The lowest BCUT2D eigenvalue weighted by atomic mass is 9.78. The average molecular weight is 295 g/mol. The highest BCUT2D eigenvalue weighted by Crippen LogP contribution is 2.38. The molecule has 1 fully saturated rings. The second-order valence-corrected chi connectivity index (χ2v) is 6.17. The molecule has 0 radical (unpaired) electrons. The summed E-state index contributed by atoms with van der Waals surface area (Å²) < 4.78 is 25.0. The molecule has 0 atom stereocenters. The maximum atomic E-state index is 13.1. The molecule has 1 aliphatic heterocycles. The van der Waals surface area contributed by atoms with Crippen LogP contribution in [0.5, 0.6) is 0 Å². The SMILES string of the molecule is CC1(C)OB(C(=Cc2cccc(F)n2)CS)OC1(C)C. The first-order valence-corrected chi connectivity index (χ1v) is 7.18. The number of halogens is 1. The van der Waals surface area contributed by atoms with Gasteiger partial charge in [-0.15, -0.1) is 0 Å². The van der Waals surface area contributed by atoms with Gasteiger partial charge in [0.05, 0.1) is 16.9 Å². The van der Waals surface area contributed by atoms with Gasteiger partial charge in [0, 0.05) is 5.75 Å². The van der Waals surface area contributed by atoms with Crippen LogP contribution in [-0.2, 0) is 9.31 Å². The topological polar surface area (TPSA) is 31.4 Å². The van der Waals surface area contributed by atoms with Crippen molar-refractivity contribution in [3.05, 3.63) is 35.3 Å². The Labute approximate surface area is 125 Å². The van der Waals surface area contributed by atoms with Crippen molar-refractivity contribution in [3.63, 3.8) is 0 Å². The standard InChI is InChI=1S/C14H19BFNO2S/c1-13(2)14(3,4)19-15(18-13)10(9-20)8-11-6-5-7-12(16)17-11/h5-8,20H,9H2,1-4H3. The van der Waals surface area contributed by atoms with Crippen LogP contribution in [0.3, 0.4) is 0 Å². The molecule has 1 aromatic rings. The Bertz CT molecular complexity index is 518. The molecular weight excluding hydrogens is 276 g/mol. The van der Waals surface area contributed by atoms with Gasteiger partial charge in [0.1, 0.15) is 0 Å². The summed E-state index contributed by atoms with van der Waals surface area (Å²) in [6.45, 7) is 7.96. The molecule has 0 amide bonds. The van der Waals surface area contributed by atoms with Crippen LogP contribution in [0.4, 0.5) is 4.39 Å². The van der Waals surface area contributed by atoms with Crippen LogP contribution in [0, 0.1) is 5.95 Å². The Kier molecular flexibility index (Phi) is 4.28. The molecule has 0 saturated carbocycles. The van der Waals surface area contributed by atoms with Crippen LogP contribution in [0.2, 0.25) is 0 Å². The van der Waals surface area contributed by atoms with E-state index in [1.165, 1.54) is 6.07 Å². The minimum Gasteiger partial charge on any atom is -0.400 e. The number of thiol groups is 1. The van der Waals surface area contributed by atoms with Crippen molar-refractivity contribution in [1.29, 1.82) is 0 Å². The van der Waals surface area contributed by atoms with Crippen LogP contribution in [-0.4, -0.2) is 29.1 Å². The van der Waals surface area contributed by atoms with Crippen LogP contribution in [0.25, 0.3) is 6.08 Å². The molecular formula is C14H19BFNO2S. The van der Waals surface area contributed by atoms with Crippen LogP contribution in [0.15, 0.2) is 23.7 Å². The van der Waals surface area contributed by atoms with Crippen molar-refractivity contribution in [2.75, 3.05) is 5.75 Å². The lowest BCUT2D eigenvalue weighted by molar-refractivity contribution is 0.00578. The number of pyridine rings is 1. The molecule has 0 aliphatic carbocycles. The van der Waals surface area contributed by atoms with Gasteiger partial charge in [0.15, 0.2) is 0 Å². The van der Waals surface area contributed by atoms with Crippen molar-refractivity contribution < 1.29 is 13.7 Å². The molecule has 1 saturated heterocycles. The molecule has 20 heavy (non-hydrogen) atoms. The first-order chi connectivity index (χ1) is 9.25. The predicted octanol–water partition coefficient (Wildman–Crippen LogP) is 3.17. The zero-order valence-electron chi connectivity index (χ0n) is 12.2. The van der Waals surface area contributed by atoms with Crippen molar-refractivity contribution in [2.45, 2.75) is 38.9 Å². The molecule has 0 spiro atoms. The molecule has 1 aliphatic rings. The Morgan fingerprint density at radius 2 is 1.90 bits per heavy atom. The fourth-order valence-electron chi connectivity index (χ4n) is 1.88. The van der Waals surface area contributed by atoms with E-state index < -0.39 is 24.3 Å². The zero-order valence-corrected chi connectivity index (χ0v) is 13.1. The van der Waals surface area contributed by atoms with Gasteiger partial charge in [0.2, 0.25) is 5.95 Å². The molecule has 0 aromatic carbocycles. The van der Waals surface area contributed by atoms with E-state index in [0.29, 0.717) is 11.4 Å². The summed E-state index contributed by atoms with van der Waals surface area (Å²) in [6.07, 6.45) is 1.76. The second-order valence-electron chi connectivity index (χ2n) is 5.85. The van der Waals surface area contributed by atoms with Crippen molar-refractivity contribution in [1.82, 2.24) is 4.98 Å². The molecule has 0 unspecified atom stereocenters. The second kappa shape index (κ2) is 5.50. The summed E-state index contributed by atoms with van der Waals surface area (Å²) in [7, 11) is -0.484. The largest absolute Gasteiger partial charge is 0.491 e. The monoisotopic (exact) mass is 295 g/mol. The molecule has 0 bridgehead atoms. The number of aromatic nitrogens is 1. The fourth-order valence-corrected chi connectivity index (χ4v) is 2.12. The number of hydrogen-bond donors (Lipinski definition) is 1. The summed E-state index contributed by atoms with van der Waals surface area (Å²) in [5, 5.41) is 0. The van der Waals surface area contributed by atoms with Gasteiger partial charge in [-0.05, 0) is 51.4 Å². The van der Waals surface area contributed by atoms with Gasteiger partial charge in [-0.3, -0.25) is 0 Å². The van der Waals surface area contributed by atoms with E-state index in [4.69, 9.17) is 9.31 Å². The summed E-state index contributed by atoms with van der Waals surface area (Å²) in [6, 6.07) is 4.67. The minimum absolute atomic E-state index is 0.408. The van der Waals surface area contributed by atoms with E-state index in [1.54, 1.807) is 18.2 Å². The predicted molar refractivity (Wildman–Crippen MR) is 82.1 cm³/mol. The van der Waals surface area contributed by atoms with Gasteiger partial charge in [-0.2, -0.15) is 17.0 Å². The Morgan fingerprint density at radius 1 is 1.30 bits per heavy atom. The summed E-state index contributed by atoms with van der Waals surface area (Å²) in [5.41, 5.74) is 0.540. The molecule has 1 aromatic heterocycles. The third-order valence-corrected chi connectivity index (χ3v) is 4.17. The molecule has 3 nitrogen and oxygen atoms in total. The number of nitrogens with zero attached hydrogens (tertiary/aromatic N) is 1. The third kappa shape index (κ3) is 3.08. The summed E-state index contributed by atoms with van der Waals surface area (Å²) in [4.78, 5) is 3.82. The third-order valence-electron chi connectivity index (χ3n) is 3.81. The highest BCUT2D eigenvalue weighted by atomic mass is 32.1. The van der Waals surface area contributed by atoms with Crippen LogP contribution >= 0.6 is 12.6 Å². The minimum atomic E-state index is -0.508. The lowest BCUT2D eigenvalue weighted by Gasteiger charge is -2.32. The Balaban J connectivity index is 2.26. The molecule has 108 valence electrons. The summed E-state index contributed by atoms with van der Waals surface area (Å²) >= 11 is 4.31. The normalized spacial score (nSPS) is 21.3. The Hall–Kier alpha value is -0.845. The molecule has 2 rings (SSSR count). The Morgan fingerprint density at radius 3 is 2.40 bits per heavy atom. The van der Waals surface area contributed by atoms with Gasteiger partial charge in [0.25, 0.3) is 0 Å². The van der Waals surface area contributed by atoms with Gasteiger partial charge >= 0.3 is 7.12 Å². The van der Waals surface area contributed by atoms with E-state index in [-0.39, 0.29) is 0 Å². The van der Waals surface area contributed by atoms with E-state index in [9.17, 15) is 4.39 Å². The van der Waals surface area contributed by atoms with Crippen LogP contribution in [0.1, 0.15) is 33.4 Å². The average Bonchev–Trinajstić information content (AvgIpc) is 2.55. The van der Waals surface area contributed by atoms with E-state index in [2.05, 4.69) is 17.6 Å². The van der Waals surface area contributed by atoms with E-state index >= 15 is 0 Å². The van der Waals surface area contributed by atoms with Gasteiger partial charge in [-0.1, -0.05) is 6.07 Å². The smallest absolute Gasteiger partial charge is 0.400 e. The maximum absolute atomic E-state index is 13.1. The fraction of sp³-hybridized carbons (Fsp3) is 0.500. The highest BCUT2D eigenvalue weighted by molar-refractivity contribution is 7.80. The summed E-state index contributed by atoms with van der Waals surface area (Å²) in [5.74, 6) is -0.0548. The highest BCUT2D eigenvalue weighted by Gasteiger charge is 2.52.